The number of aliphatic hydroxyl groups excluding tert-OH is 2. The van der Waals surface area contributed by atoms with Crippen LogP contribution in [0.4, 0.5) is 5.69 Å². The van der Waals surface area contributed by atoms with Crippen molar-refractivity contribution in [2.75, 3.05) is 57.8 Å². The van der Waals surface area contributed by atoms with E-state index in [1.165, 1.54) is 6.07 Å². The van der Waals surface area contributed by atoms with E-state index in [-0.39, 0.29) is 30.3 Å². The summed E-state index contributed by atoms with van der Waals surface area (Å²) in [4.78, 5) is 13.5. The maximum atomic E-state index is 13.5. The zero-order valence-corrected chi connectivity index (χ0v) is 20.0. The summed E-state index contributed by atoms with van der Waals surface area (Å²) < 4.78 is 1.86. The van der Waals surface area contributed by atoms with E-state index in [9.17, 15) is 9.90 Å². The van der Waals surface area contributed by atoms with Crippen LogP contribution < -0.4 is 27.2 Å². The molecule has 0 fully saturated rings. The van der Waals surface area contributed by atoms with E-state index in [4.69, 9.17) is 21.2 Å². The molecule has 0 bridgehead atoms. The summed E-state index contributed by atoms with van der Waals surface area (Å²) in [5, 5.41) is 43.4. The van der Waals surface area contributed by atoms with Crippen LogP contribution in [0.2, 0.25) is 0 Å². The molecule has 1 aliphatic carbocycles. The number of carbonyl (C=O) groups is 1. The van der Waals surface area contributed by atoms with Gasteiger partial charge in [0.2, 0.25) is 0 Å². The maximum Gasteiger partial charge on any atom is 0.200 e. The zero-order valence-electron chi connectivity index (χ0n) is 20.0. The molecule has 35 heavy (non-hydrogen) atoms. The highest BCUT2D eigenvalue weighted by Crippen LogP contribution is 2.44. The molecule has 11 nitrogen and oxygen atoms in total. The number of rotatable bonds is 12. The minimum absolute atomic E-state index is 0.0557. The first-order chi connectivity index (χ1) is 17.1. The lowest BCUT2D eigenvalue weighted by molar-refractivity contribution is 0.103. The van der Waals surface area contributed by atoms with Crippen molar-refractivity contribution in [3.63, 3.8) is 0 Å². The number of aromatic hydroxyl groups is 1. The van der Waals surface area contributed by atoms with Crippen LogP contribution in [0.25, 0.3) is 22.2 Å². The summed E-state index contributed by atoms with van der Waals surface area (Å²) in [6.45, 7) is 6.37. The van der Waals surface area contributed by atoms with Crippen molar-refractivity contribution in [1.82, 2.24) is 25.8 Å². The van der Waals surface area contributed by atoms with Crippen LogP contribution in [-0.4, -0.2) is 83.4 Å². The number of hydrogen-bond acceptors (Lipinski definition) is 10. The number of nitrogens with one attached hydrogen (secondary N) is 4. The number of phenols is 1. The molecule has 4 rings (SSSR count). The van der Waals surface area contributed by atoms with E-state index in [1.807, 2.05) is 29.8 Å². The molecular weight excluding hydrogens is 450 g/mol. The van der Waals surface area contributed by atoms with Crippen molar-refractivity contribution in [2.24, 2.45) is 5.84 Å². The monoisotopic (exact) mass is 485 g/mol. The molecule has 1 aromatic heterocycles. The quantitative estimate of drug-likeness (QED) is 0.0776. The average molecular weight is 486 g/mol. The van der Waals surface area contributed by atoms with Crippen molar-refractivity contribution in [1.29, 1.82) is 0 Å². The van der Waals surface area contributed by atoms with Gasteiger partial charge in [-0.05, 0) is 18.2 Å². The summed E-state index contributed by atoms with van der Waals surface area (Å²) in [5.74, 6) is 4.50. The molecule has 9 N–H and O–H groups in total. The van der Waals surface area contributed by atoms with Gasteiger partial charge in [-0.15, -0.1) is 0 Å². The van der Waals surface area contributed by atoms with Gasteiger partial charge < -0.3 is 31.3 Å². The molecular formula is C24H35N7O4. The Labute approximate surface area is 204 Å². The third kappa shape index (κ3) is 5.96. The molecule has 1 aliphatic rings. The Morgan fingerprint density at radius 3 is 2.37 bits per heavy atom. The van der Waals surface area contributed by atoms with Crippen LogP contribution in [0.15, 0.2) is 30.3 Å². The van der Waals surface area contributed by atoms with Gasteiger partial charge in [-0.3, -0.25) is 20.7 Å². The van der Waals surface area contributed by atoms with Gasteiger partial charge in [-0.1, -0.05) is 19.1 Å². The number of benzene rings is 2. The Bertz CT molecular complexity index is 1130. The maximum absolute atomic E-state index is 13.5. The molecule has 0 amide bonds. The van der Waals surface area contributed by atoms with Gasteiger partial charge in [0.15, 0.2) is 5.78 Å². The Balaban J connectivity index is 0.000000795. The van der Waals surface area contributed by atoms with Crippen molar-refractivity contribution in [3.05, 3.63) is 41.5 Å². The lowest BCUT2D eigenvalue weighted by Gasteiger charge is -2.19. The third-order valence-corrected chi connectivity index (χ3v) is 5.57. The van der Waals surface area contributed by atoms with Gasteiger partial charge in [0, 0.05) is 55.9 Å². The largest absolute Gasteiger partial charge is 0.507 e. The summed E-state index contributed by atoms with van der Waals surface area (Å²) >= 11 is 0. The molecule has 0 unspecified atom stereocenters. The molecule has 2 aromatic carbocycles. The van der Waals surface area contributed by atoms with E-state index in [0.29, 0.717) is 61.8 Å². The van der Waals surface area contributed by atoms with Crippen molar-refractivity contribution in [3.8, 4) is 17.0 Å². The zero-order chi connectivity index (χ0) is 25.2. The number of hydrogen-bond donors (Lipinski definition) is 8. The molecule has 0 radical (unpaired) electrons. The molecule has 0 spiro atoms. The minimum Gasteiger partial charge on any atom is -0.507 e. The van der Waals surface area contributed by atoms with Gasteiger partial charge in [0.1, 0.15) is 11.4 Å². The predicted molar refractivity (Wildman–Crippen MR) is 137 cm³/mol. The number of aliphatic hydroxyl groups is 2. The second kappa shape index (κ2) is 13.1. The van der Waals surface area contributed by atoms with Gasteiger partial charge >= 0.3 is 0 Å². The fraction of sp³-hybridized carbons (Fsp3) is 0.417. The SMILES string of the molecule is CCNN.O=C1c2c(O)cccc2-c2nn(CCNCCO)c3ccc(NCCNCCO)c1c23. The molecule has 0 saturated carbocycles. The highest BCUT2D eigenvalue weighted by Gasteiger charge is 2.32. The Morgan fingerprint density at radius 1 is 0.971 bits per heavy atom. The van der Waals surface area contributed by atoms with E-state index in [1.54, 1.807) is 6.07 Å². The van der Waals surface area contributed by atoms with E-state index < -0.39 is 0 Å². The van der Waals surface area contributed by atoms with Crippen LogP contribution in [0.3, 0.4) is 0 Å². The fourth-order valence-corrected chi connectivity index (χ4v) is 3.99. The minimum atomic E-state index is -0.227. The Hall–Kier alpha value is -3.06. The summed E-state index contributed by atoms with van der Waals surface area (Å²) in [6, 6.07) is 8.87. The number of anilines is 1. The molecule has 0 saturated heterocycles. The second-order valence-electron chi connectivity index (χ2n) is 7.91. The highest BCUT2D eigenvalue weighted by atomic mass is 16.3. The predicted octanol–water partition coefficient (Wildman–Crippen LogP) is -0.00140. The molecule has 0 aliphatic heterocycles. The Kier molecular flexibility index (Phi) is 9.97. The second-order valence-corrected chi connectivity index (χ2v) is 7.91. The highest BCUT2D eigenvalue weighted by molar-refractivity contribution is 6.28. The fourth-order valence-electron chi connectivity index (χ4n) is 3.99. The van der Waals surface area contributed by atoms with E-state index in [0.717, 1.165) is 17.4 Å². The number of aromatic nitrogens is 2. The lowest BCUT2D eigenvalue weighted by atomic mass is 9.86. The standard InChI is InChI=1S/C22H27N5O4.C2H8N2/c28-12-9-23-6-7-25-15-4-5-16-20-19(15)22(31)18-14(2-1-3-17(18)30)21(20)26-27(16)11-8-24-10-13-29;1-2-4-3/h1-5,23-25,28-30H,6-13H2;4H,2-3H2,1H3. The van der Waals surface area contributed by atoms with E-state index >= 15 is 0 Å². The van der Waals surface area contributed by atoms with Crippen LogP contribution in [-0.2, 0) is 6.54 Å². The first kappa shape index (κ1) is 26.5. The van der Waals surface area contributed by atoms with Crippen molar-refractivity contribution >= 4 is 22.4 Å². The normalized spacial score (nSPS) is 11.8. The van der Waals surface area contributed by atoms with Gasteiger partial charge in [-0.2, -0.15) is 5.10 Å². The first-order valence-corrected chi connectivity index (χ1v) is 11.8. The topological polar surface area (TPSA) is 170 Å². The molecule has 1 heterocycles. The third-order valence-electron chi connectivity index (χ3n) is 5.57. The summed E-state index contributed by atoms with van der Waals surface area (Å²) in [5.41, 5.74) is 6.07. The molecule has 11 heteroatoms. The number of ketones is 1. The first-order valence-electron chi connectivity index (χ1n) is 11.8. The van der Waals surface area contributed by atoms with Crippen molar-refractivity contribution < 1.29 is 20.1 Å². The molecule has 0 atom stereocenters. The van der Waals surface area contributed by atoms with Gasteiger partial charge in [0.25, 0.3) is 0 Å². The van der Waals surface area contributed by atoms with Crippen LogP contribution in [0.1, 0.15) is 22.8 Å². The smallest absolute Gasteiger partial charge is 0.200 e. The van der Waals surface area contributed by atoms with Gasteiger partial charge in [0.05, 0.1) is 36.4 Å². The van der Waals surface area contributed by atoms with E-state index in [2.05, 4.69) is 21.4 Å². The number of phenolic OH excluding ortho intramolecular Hbond substituents is 1. The molecule has 3 aromatic rings. The number of carbonyl (C=O) groups excluding carboxylic acids is 1. The molecule has 190 valence electrons. The van der Waals surface area contributed by atoms with Crippen LogP contribution in [0, 0.1) is 0 Å². The van der Waals surface area contributed by atoms with Crippen molar-refractivity contribution in [2.45, 2.75) is 13.5 Å². The number of nitrogens with zero attached hydrogens (tertiary/aromatic N) is 2. The average Bonchev–Trinajstić information content (AvgIpc) is 3.24. The number of nitrogens with two attached hydrogens (primary N) is 1. The van der Waals surface area contributed by atoms with Gasteiger partial charge in [-0.25, -0.2) is 0 Å². The Morgan fingerprint density at radius 2 is 1.69 bits per heavy atom. The number of hydrazine groups is 1. The van der Waals surface area contributed by atoms with Crippen LogP contribution in [0.5, 0.6) is 5.75 Å². The summed E-state index contributed by atoms with van der Waals surface area (Å²) in [7, 11) is 0. The summed E-state index contributed by atoms with van der Waals surface area (Å²) in [6.07, 6.45) is 0. The lowest BCUT2D eigenvalue weighted by Crippen LogP contribution is -2.25. The van der Waals surface area contributed by atoms with Crippen LogP contribution >= 0.6 is 0 Å². The number of fused-ring (bicyclic) bond motifs is 2.